The number of anilines is 1. The Bertz CT molecular complexity index is 610. The molecule has 1 aliphatic heterocycles. The van der Waals surface area contributed by atoms with Crippen LogP contribution in [0.4, 0.5) is 10.1 Å². The molecule has 1 saturated heterocycles. The standard InChI is InChI=1S/C17H19ClFN3/c18-17-13-16(5-7-20-17)22-11-9-21(10-12-22)8-6-14-1-3-15(19)4-2-14/h1-5,7,13H,6,8-12H2. The number of benzene rings is 1. The molecule has 1 aliphatic rings. The van der Waals surface area contributed by atoms with E-state index in [9.17, 15) is 4.39 Å². The topological polar surface area (TPSA) is 19.4 Å². The Kier molecular flexibility index (Phi) is 4.90. The van der Waals surface area contributed by atoms with E-state index in [1.54, 1.807) is 6.20 Å². The number of nitrogens with zero attached hydrogens (tertiary/aromatic N) is 3. The van der Waals surface area contributed by atoms with Gasteiger partial charge in [-0.05, 0) is 36.2 Å². The number of rotatable bonds is 4. The molecular weight excluding hydrogens is 301 g/mol. The molecular formula is C17H19ClFN3. The molecule has 2 aromatic rings. The van der Waals surface area contributed by atoms with E-state index in [2.05, 4.69) is 14.8 Å². The molecule has 3 nitrogen and oxygen atoms in total. The summed E-state index contributed by atoms with van der Waals surface area (Å²) in [4.78, 5) is 8.80. The third kappa shape index (κ3) is 3.96. The van der Waals surface area contributed by atoms with Crippen LogP contribution >= 0.6 is 11.6 Å². The average molecular weight is 320 g/mol. The van der Waals surface area contributed by atoms with Gasteiger partial charge in [0.15, 0.2) is 0 Å². The van der Waals surface area contributed by atoms with E-state index in [0.29, 0.717) is 5.15 Å². The second-order valence-corrected chi connectivity index (χ2v) is 5.93. The highest BCUT2D eigenvalue weighted by Crippen LogP contribution is 2.19. The van der Waals surface area contributed by atoms with E-state index >= 15 is 0 Å². The molecule has 116 valence electrons. The molecule has 0 unspecified atom stereocenters. The summed E-state index contributed by atoms with van der Waals surface area (Å²) in [7, 11) is 0. The lowest BCUT2D eigenvalue weighted by Crippen LogP contribution is -2.47. The van der Waals surface area contributed by atoms with Gasteiger partial charge in [0.2, 0.25) is 0 Å². The fraction of sp³-hybridized carbons (Fsp3) is 0.353. The van der Waals surface area contributed by atoms with Gasteiger partial charge in [0.05, 0.1) is 0 Å². The Balaban J connectivity index is 1.48. The predicted octanol–water partition coefficient (Wildman–Crippen LogP) is 3.24. The largest absolute Gasteiger partial charge is 0.369 e. The van der Waals surface area contributed by atoms with Crippen LogP contribution in [0, 0.1) is 5.82 Å². The second kappa shape index (κ2) is 7.07. The van der Waals surface area contributed by atoms with Gasteiger partial charge >= 0.3 is 0 Å². The van der Waals surface area contributed by atoms with Crippen LogP contribution in [-0.4, -0.2) is 42.6 Å². The lowest BCUT2D eigenvalue weighted by Gasteiger charge is -2.36. The minimum Gasteiger partial charge on any atom is -0.369 e. The maximum Gasteiger partial charge on any atom is 0.131 e. The van der Waals surface area contributed by atoms with Crippen molar-refractivity contribution in [2.24, 2.45) is 0 Å². The zero-order valence-electron chi connectivity index (χ0n) is 12.4. The van der Waals surface area contributed by atoms with Gasteiger partial charge in [-0.1, -0.05) is 23.7 Å². The number of hydrogen-bond acceptors (Lipinski definition) is 3. The van der Waals surface area contributed by atoms with E-state index in [1.807, 2.05) is 24.3 Å². The van der Waals surface area contributed by atoms with E-state index in [-0.39, 0.29) is 5.82 Å². The lowest BCUT2D eigenvalue weighted by molar-refractivity contribution is 0.261. The SMILES string of the molecule is Fc1ccc(CCN2CCN(c3ccnc(Cl)c3)CC2)cc1. The quantitative estimate of drug-likeness (QED) is 0.807. The first-order chi connectivity index (χ1) is 10.7. The molecule has 0 amide bonds. The first kappa shape index (κ1) is 15.3. The summed E-state index contributed by atoms with van der Waals surface area (Å²) in [6.45, 7) is 5.05. The van der Waals surface area contributed by atoms with Gasteiger partial charge in [0.1, 0.15) is 11.0 Å². The van der Waals surface area contributed by atoms with Crippen LogP contribution in [0.15, 0.2) is 42.6 Å². The van der Waals surface area contributed by atoms with Crippen molar-refractivity contribution in [1.29, 1.82) is 0 Å². The summed E-state index contributed by atoms with van der Waals surface area (Å²) in [5.41, 5.74) is 2.32. The van der Waals surface area contributed by atoms with Crippen molar-refractivity contribution in [3.63, 3.8) is 0 Å². The predicted molar refractivity (Wildman–Crippen MR) is 88.0 cm³/mol. The average Bonchev–Trinajstić information content (AvgIpc) is 2.55. The monoisotopic (exact) mass is 319 g/mol. The highest BCUT2D eigenvalue weighted by molar-refractivity contribution is 6.29. The van der Waals surface area contributed by atoms with Crippen LogP contribution < -0.4 is 4.90 Å². The number of halogens is 2. The lowest BCUT2D eigenvalue weighted by atomic mass is 10.1. The third-order valence-electron chi connectivity index (χ3n) is 4.08. The highest BCUT2D eigenvalue weighted by Gasteiger charge is 2.17. The van der Waals surface area contributed by atoms with Crippen molar-refractivity contribution in [3.8, 4) is 0 Å². The van der Waals surface area contributed by atoms with Gasteiger partial charge in [-0.25, -0.2) is 9.37 Å². The van der Waals surface area contributed by atoms with Crippen molar-refractivity contribution in [3.05, 3.63) is 59.1 Å². The molecule has 0 radical (unpaired) electrons. The summed E-state index contributed by atoms with van der Waals surface area (Å²) < 4.78 is 12.9. The molecule has 0 saturated carbocycles. The smallest absolute Gasteiger partial charge is 0.131 e. The molecule has 0 bridgehead atoms. The molecule has 1 fully saturated rings. The normalized spacial score (nSPS) is 16.0. The van der Waals surface area contributed by atoms with Crippen LogP contribution in [0.25, 0.3) is 0 Å². The van der Waals surface area contributed by atoms with E-state index in [4.69, 9.17) is 11.6 Å². The molecule has 0 atom stereocenters. The van der Waals surface area contributed by atoms with Gasteiger partial charge in [-0.15, -0.1) is 0 Å². The van der Waals surface area contributed by atoms with Crippen molar-refractivity contribution in [1.82, 2.24) is 9.88 Å². The Morgan fingerprint density at radius 1 is 1.05 bits per heavy atom. The number of hydrogen-bond donors (Lipinski definition) is 0. The second-order valence-electron chi connectivity index (χ2n) is 5.54. The van der Waals surface area contributed by atoms with E-state index in [0.717, 1.165) is 44.8 Å². The van der Waals surface area contributed by atoms with Crippen molar-refractivity contribution in [2.45, 2.75) is 6.42 Å². The van der Waals surface area contributed by atoms with E-state index in [1.165, 1.54) is 17.7 Å². The van der Waals surface area contributed by atoms with Crippen molar-refractivity contribution < 1.29 is 4.39 Å². The maximum atomic E-state index is 12.9. The summed E-state index contributed by atoms with van der Waals surface area (Å²) >= 11 is 5.95. The first-order valence-corrected chi connectivity index (χ1v) is 7.92. The van der Waals surface area contributed by atoms with Crippen LogP contribution in [0.2, 0.25) is 5.15 Å². The molecule has 0 N–H and O–H groups in total. The molecule has 2 heterocycles. The van der Waals surface area contributed by atoms with E-state index < -0.39 is 0 Å². The molecule has 0 aliphatic carbocycles. The summed E-state index contributed by atoms with van der Waals surface area (Å²) in [6, 6.07) is 10.7. The molecule has 22 heavy (non-hydrogen) atoms. The van der Waals surface area contributed by atoms with Gasteiger partial charge in [-0.2, -0.15) is 0 Å². The Labute approximate surface area is 135 Å². The number of aromatic nitrogens is 1. The van der Waals surface area contributed by atoms with Gasteiger partial charge in [-0.3, -0.25) is 4.90 Å². The Morgan fingerprint density at radius 2 is 1.77 bits per heavy atom. The third-order valence-corrected chi connectivity index (χ3v) is 4.28. The van der Waals surface area contributed by atoms with Crippen LogP contribution in [0.5, 0.6) is 0 Å². The molecule has 0 spiro atoms. The zero-order valence-corrected chi connectivity index (χ0v) is 13.1. The minimum absolute atomic E-state index is 0.173. The van der Waals surface area contributed by atoms with Crippen LogP contribution in [0.3, 0.4) is 0 Å². The zero-order chi connectivity index (χ0) is 15.4. The fourth-order valence-electron chi connectivity index (χ4n) is 2.76. The molecule has 1 aromatic heterocycles. The fourth-order valence-corrected chi connectivity index (χ4v) is 2.93. The minimum atomic E-state index is -0.173. The number of pyridine rings is 1. The summed E-state index contributed by atoms with van der Waals surface area (Å²) in [5, 5.41) is 0.538. The van der Waals surface area contributed by atoms with Gasteiger partial charge in [0, 0.05) is 44.6 Å². The van der Waals surface area contributed by atoms with Gasteiger partial charge in [0.25, 0.3) is 0 Å². The summed E-state index contributed by atoms with van der Waals surface area (Å²) in [6.07, 6.45) is 2.71. The number of piperazine rings is 1. The van der Waals surface area contributed by atoms with Crippen LogP contribution in [-0.2, 0) is 6.42 Å². The maximum absolute atomic E-state index is 12.9. The summed E-state index contributed by atoms with van der Waals surface area (Å²) in [5.74, 6) is -0.173. The van der Waals surface area contributed by atoms with Crippen LogP contribution in [0.1, 0.15) is 5.56 Å². The Hall–Kier alpha value is -1.65. The highest BCUT2D eigenvalue weighted by atomic mass is 35.5. The molecule has 5 heteroatoms. The van der Waals surface area contributed by atoms with Crippen molar-refractivity contribution in [2.75, 3.05) is 37.6 Å². The first-order valence-electron chi connectivity index (χ1n) is 7.54. The van der Waals surface area contributed by atoms with Crippen molar-refractivity contribution >= 4 is 17.3 Å². The Morgan fingerprint density at radius 3 is 2.45 bits per heavy atom. The molecule has 3 rings (SSSR count). The molecule has 1 aromatic carbocycles. The van der Waals surface area contributed by atoms with Gasteiger partial charge < -0.3 is 4.90 Å².